The first-order valence-electron chi connectivity index (χ1n) is 8.22. The number of nitrogens with two attached hydrogens (primary N) is 1. The molecule has 0 heterocycles. The van der Waals surface area contributed by atoms with E-state index in [2.05, 4.69) is 26.1 Å². The van der Waals surface area contributed by atoms with Crippen molar-refractivity contribution in [3.8, 4) is 5.75 Å². The first-order chi connectivity index (χ1) is 12.0. The van der Waals surface area contributed by atoms with E-state index >= 15 is 0 Å². The van der Waals surface area contributed by atoms with Gasteiger partial charge in [0.1, 0.15) is 5.75 Å². The number of hydrogen-bond donors (Lipinski definition) is 3. The maximum Gasteiger partial charge on any atom is 0.238 e. The van der Waals surface area contributed by atoms with Gasteiger partial charge in [0, 0.05) is 6.42 Å². The van der Waals surface area contributed by atoms with Crippen LogP contribution in [-0.2, 0) is 26.7 Å². The SMILES string of the molecule is CC(C)(C)c1ccc(O)c(NC(=O)CCc2ccc(S(N)(=O)=O)cc2)c1. The fourth-order valence-corrected chi connectivity index (χ4v) is 2.93. The summed E-state index contributed by atoms with van der Waals surface area (Å²) in [4.78, 5) is 12.2. The van der Waals surface area contributed by atoms with E-state index in [9.17, 15) is 18.3 Å². The normalized spacial score (nSPS) is 12.0. The molecule has 2 aromatic rings. The van der Waals surface area contributed by atoms with Crippen molar-refractivity contribution < 1.29 is 18.3 Å². The number of primary sulfonamides is 1. The van der Waals surface area contributed by atoms with Crippen LogP contribution in [0.4, 0.5) is 5.69 Å². The van der Waals surface area contributed by atoms with E-state index in [1.165, 1.54) is 12.1 Å². The third-order valence-electron chi connectivity index (χ3n) is 4.03. The van der Waals surface area contributed by atoms with Gasteiger partial charge in [0.2, 0.25) is 15.9 Å². The fraction of sp³-hybridized carbons (Fsp3) is 0.316. The van der Waals surface area contributed by atoms with E-state index in [0.29, 0.717) is 12.1 Å². The molecule has 0 fully saturated rings. The number of carbonyl (C=O) groups is 1. The summed E-state index contributed by atoms with van der Waals surface area (Å²) in [5.74, 6) is -0.217. The molecule has 0 spiro atoms. The van der Waals surface area contributed by atoms with E-state index in [1.54, 1.807) is 24.3 Å². The molecule has 0 radical (unpaired) electrons. The molecule has 0 bridgehead atoms. The van der Waals surface area contributed by atoms with Crippen LogP contribution in [0.15, 0.2) is 47.4 Å². The number of nitrogens with one attached hydrogen (secondary N) is 1. The molecule has 7 heteroatoms. The molecule has 0 aliphatic carbocycles. The number of anilines is 1. The summed E-state index contributed by atoms with van der Waals surface area (Å²) in [5.41, 5.74) is 2.11. The largest absolute Gasteiger partial charge is 0.506 e. The van der Waals surface area contributed by atoms with E-state index in [1.807, 2.05) is 6.07 Å². The van der Waals surface area contributed by atoms with Crippen LogP contribution in [0.25, 0.3) is 0 Å². The summed E-state index contributed by atoms with van der Waals surface area (Å²) < 4.78 is 22.5. The zero-order valence-corrected chi connectivity index (χ0v) is 15.9. The highest BCUT2D eigenvalue weighted by Crippen LogP contribution is 2.30. The van der Waals surface area contributed by atoms with E-state index in [0.717, 1.165) is 11.1 Å². The van der Waals surface area contributed by atoms with Crippen LogP contribution < -0.4 is 10.5 Å². The second kappa shape index (κ2) is 7.47. The molecule has 0 aliphatic heterocycles. The van der Waals surface area contributed by atoms with Gasteiger partial charge >= 0.3 is 0 Å². The molecular weight excluding hydrogens is 352 g/mol. The molecule has 6 nitrogen and oxygen atoms in total. The van der Waals surface area contributed by atoms with Gasteiger partial charge in [-0.2, -0.15) is 0 Å². The number of phenolic OH excluding ortho intramolecular Hbond substituents is 1. The number of rotatable bonds is 5. The first-order valence-corrected chi connectivity index (χ1v) is 9.76. The Morgan fingerprint density at radius 3 is 2.27 bits per heavy atom. The summed E-state index contributed by atoms with van der Waals surface area (Å²) in [7, 11) is -3.72. The molecule has 2 rings (SSSR count). The molecule has 0 unspecified atom stereocenters. The van der Waals surface area contributed by atoms with Gasteiger partial charge in [0.05, 0.1) is 10.6 Å². The van der Waals surface area contributed by atoms with E-state index in [4.69, 9.17) is 5.14 Å². The highest BCUT2D eigenvalue weighted by molar-refractivity contribution is 7.89. The summed E-state index contributed by atoms with van der Waals surface area (Å²) in [5, 5.41) is 17.7. The quantitative estimate of drug-likeness (QED) is 0.697. The highest BCUT2D eigenvalue weighted by Gasteiger charge is 2.16. The Morgan fingerprint density at radius 2 is 1.73 bits per heavy atom. The molecule has 0 aliphatic rings. The van der Waals surface area contributed by atoms with Gasteiger partial charge in [0.25, 0.3) is 0 Å². The monoisotopic (exact) mass is 376 g/mol. The lowest BCUT2D eigenvalue weighted by atomic mass is 9.87. The number of aryl methyl sites for hydroxylation is 1. The molecule has 26 heavy (non-hydrogen) atoms. The van der Waals surface area contributed by atoms with Crippen molar-refractivity contribution in [2.24, 2.45) is 5.14 Å². The lowest BCUT2D eigenvalue weighted by molar-refractivity contribution is -0.116. The maximum absolute atomic E-state index is 12.2. The lowest BCUT2D eigenvalue weighted by Crippen LogP contribution is -2.15. The van der Waals surface area contributed by atoms with Crippen molar-refractivity contribution in [3.63, 3.8) is 0 Å². The van der Waals surface area contributed by atoms with Crippen molar-refractivity contribution in [1.29, 1.82) is 0 Å². The van der Waals surface area contributed by atoms with Gasteiger partial charge in [0.15, 0.2) is 0 Å². The third-order valence-corrected chi connectivity index (χ3v) is 4.96. The second-order valence-electron chi connectivity index (χ2n) is 7.22. The topological polar surface area (TPSA) is 109 Å². The van der Waals surface area contributed by atoms with Crippen LogP contribution >= 0.6 is 0 Å². The number of amides is 1. The first kappa shape index (κ1) is 19.9. The fourth-order valence-electron chi connectivity index (χ4n) is 2.42. The predicted octanol–water partition coefficient (Wildman–Crippen LogP) is 2.91. The average Bonchev–Trinajstić information content (AvgIpc) is 2.53. The van der Waals surface area contributed by atoms with Gasteiger partial charge < -0.3 is 10.4 Å². The minimum absolute atomic E-state index is 0.0175. The molecule has 0 saturated carbocycles. The minimum Gasteiger partial charge on any atom is -0.506 e. The van der Waals surface area contributed by atoms with Gasteiger partial charge in [-0.05, 0) is 47.2 Å². The molecule has 1 amide bonds. The number of carbonyl (C=O) groups excluding carboxylic acids is 1. The zero-order valence-electron chi connectivity index (χ0n) is 15.1. The number of sulfonamides is 1. The smallest absolute Gasteiger partial charge is 0.238 e. The average molecular weight is 376 g/mol. The van der Waals surface area contributed by atoms with Crippen molar-refractivity contribution in [2.75, 3.05) is 5.32 Å². The molecule has 2 aromatic carbocycles. The molecule has 0 atom stereocenters. The Labute approximate surface area is 154 Å². The van der Waals surface area contributed by atoms with E-state index < -0.39 is 10.0 Å². The van der Waals surface area contributed by atoms with Crippen molar-refractivity contribution in [3.05, 3.63) is 53.6 Å². The van der Waals surface area contributed by atoms with Crippen molar-refractivity contribution in [1.82, 2.24) is 0 Å². The molecule has 4 N–H and O–H groups in total. The van der Waals surface area contributed by atoms with Gasteiger partial charge in [-0.1, -0.05) is 39.0 Å². The highest BCUT2D eigenvalue weighted by atomic mass is 32.2. The number of aromatic hydroxyl groups is 1. The van der Waals surface area contributed by atoms with Crippen LogP contribution in [0.2, 0.25) is 0 Å². The molecule has 0 saturated heterocycles. The Morgan fingerprint density at radius 1 is 1.12 bits per heavy atom. The van der Waals surface area contributed by atoms with Gasteiger partial charge in [-0.3, -0.25) is 4.79 Å². The summed E-state index contributed by atoms with van der Waals surface area (Å²) in [6, 6.07) is 11.3. The molecular formula is C19H24N2O4S. The van der Waals surface area contributed by atoms with Crippen LogP contribution in [0, 0.1) is 0 Å². The van der Waals surface area contributed by atoms with Crippen LogP contribution in [0.1, 0.15) is 38.3 Å². The lowest BCUT2D eigenvalue weighted by Gasteiger charge is -2.20. The second-order valence-corrected chi connectivity index (χ2v) is 8.78. The third kappa shape index (κ3) is 5.31. The molecule has 140 valence electrons. The van der Waals surface area contributed by atoms with Crippen LogP contribution in [0.3, 0.4) is 0 Å². The van der Waals surface area contributed by atoms with Gasteiger partial charge in [-0.15, -0.1) is 0 Å². The van der Waals surface area contributed by atoms with Crippen LogP contribution in [-0.4, -0.2) is 19.4 Å². The van der Waals surface area contributed by atoms with Crippen molar-refractivity contribution in [2.45, 2.75) is 43.9 Å². The minimum atomic E-state index is -3.72. The molecule has 0 aromatic heterocycles. The number of hydrogen-bond acceptors (Lipinski definition) is 4. The Hall–Kier alpha value is -2.38. The maximum atomic E-state index is 12.2. The Kier molecular flexibility index (Phi) is 5.73. The summed E-state index contributed by atoms with van der Waals surface area (Å²) >= 11 is 0. The standard InChI is InChI=1S/C19H24N2O4S/c1-19(2,3)14-7-10-17(22)16(12-14)21-18(23)11-6-13-4-8-15(9-5-13)26(20,24)25/h4-5,7-10,12,22H,6,11H2,1-3H3,(H,21,23)(H2,20,24,25). The predicted molar refractivity (Wildman–Crippen MR) is 102 cm³/mol. The van der Waals surface area contributed by atoms with Crippen molar-refractivity contribution >= 4 is 21.6 Å². The Bertz CT molecular complexity index is 898. The van der Waals surface area contributed by atoms with Gasteiger partial charge in [-0.25, -0.2) is 13.6 Å². The summed E-state index contributed by atoms with van der Waals surface area (Å²) in [6.07, 6.45) is 0.643. The Balaban J connectivity index is 2.01. The zero-order chi connectivity index (χ0) is 19.5. The van der Waals surface area contributed by atoms with Crippen LogP contribution in [0.5, 0.6) is 5.75 Å². The van der Waals surface area contributed by atoms with E-state index in [-0.39, 0.29) is 28.4 Å². The number of benzene rings is 2. The summed E-state index contributed by atoms with van der Waals surface area (Å²) in [6.45, 7) is 6.16. The number of phenols is 1.